The van der Waals surface area contributed by atoms with Gasteiger partial charge in [0.1, 0.15) is 0 Å². The predicted octanol–water partition coefficient (Wildman–Crippen LogP) is 3.61. The number of hydrogen-bond donors (Lipinski definition) is 0. The predicted molar refractivity (Wildman–Crippen MR) is 98.0 cm³/mol. The van der Waals surface area contributed by atoms with E-state index in [1.54, 1.807) is 6.20 Å². The van der Waals surface area contributed by atoms with Crippen molar-refractivity contribution < 1.29 is 0 Å². The van der Waals surface area contributed by atoms with E-state index in [2.05, 4.69) is 30.0 Å². The fourth-order valence-corrected chi connectivity index (χ4v) is 3.19. The monoisotopic (exact) mass is 332 g/mol. The van der Waals surface area contributed by atoms with Gasteiger partial charge in [-0.15, -0.1) is 0 Å². The summed E-state index contributed by atoms with van der Waals surface area (Å²) >= 11 is 0. The van der Waals surface area contributed by atoms with Crippen LogP contribution in [0.5, 0.6) is 0 Å². The van der Waals surface area contributed by atoms with E-state index in [0.29, 0.717) is 0 Å². The lowest BCUT2D eigenvalue weighted by atomic mass is 10.0. The molecular formula is C19H20N6. The first-order chi connectivity index (χ1) is 12.2. The van der Waals surface area contributed by atoms with Crippen molar-refractivity contribution in [3.8, 4) is 22.6 Å². The minimum absolute atomic E-state index is 0.755. The van der Waals surface area contributed by atoms with Crippen molar-refractivity contribution in [2.24, 2.45) is 7.05 Å². The number of hydrogen-bond acceptors (Lipinski definition) is 4. The molecule has 6 heteroatoms. The molecular weight excluding hydrogens is 312 g/mol. The van der Waals surface area contributed by atoms with Crippen LogP contribution in [0.4, 0.5) is 0 Å². The van der Waals surface area contributed by atoms with Gasteiger partial charge in [-0.3, -0.25) is 14.3 Å². The first kappa shape index (κ1) is 15.5. The first-order valence-corrected chi connectivity index (χ1v) is 8.47. The van der Waals surface area contributed by atoms with Gasteiger partial charge in [-0.1, -0.05) is 13.0 Å². The molecule has 0 spiro atoms. The Morgan fingerprint density at radius 3 is 2.64 bits per heavy atom. The average Bonchev–Trinajstić information content (AvgIpc) is 3.19. The van der Waals surface area contributed by atoms with Gasteiger partial charge >= 0.3 is 0 Å². The summed E-state index contributed by atoms with van der Waals surface area (Å²) in [5.41, 5.74) is 5.68. The van der Waals surface area contributed by atoms with Crippen molar-refractivity contribution in [1.82, 2.24) is 29.5 Å². The van der Waals surface area contributed by atoms with Crippen LogP contribution in [-0.2, 0) is 13.6 Å². The zero-order chi connectivity index (χ0) is 17.4. The number of fused-ring (bicyclic) bond motifs is 1. The highest BCUT2D eigenvalue weighted by molar-refractivity contribution is 5.95. The van der Waals surface area contributed by atoms with Gasteiger partial charge in [0.25, 0.3) is 0 Å². The molecule has 0 radical (unpaired) electrons. The minimum atomic E-state index is 0.755. The van der Waals surface area contributed by atoms with Crippen LogP contribution in [0.1, 0.15) is 19.0 Å². The lowest BCUT2D eigenvalue weighted by molar-refractivity contribution is 0.592. The molecule has 0 aliphatic rings. The smallest absolute Gasteiger partial charge is 0.182 e. The maximum atomic E-state index is 4.81. The second-order valence-corrected chi connectivity index (χ2v) is 6.12. The molecule has 4 heterocycles. The van der Waals surface area contributed by atoms with Gasteiger partial charge in [-0.25, -0.2) is 4.98 Å². The molecule has 0 amide bonds. The Bertz CT molecular complexity index is 1030. The highest BCUT2D eigenvalue weighted by atomic mass is 15.3. The summed E-state index contributed by atoms with van der Waals surface area (Å²) in [5, 5.41) is 10.1. The Hall–Kier alpha value is -3.02. The summed E-state index contributed by atoms with van der Waals surface area (Å²) in [6.07, 6.45) is 4.63. The van der Waals surface area contributed by atoms with E-state index in [0.717, 1.165) is 52.3 Å². The Kier molecular flexibility index (Phi) is 3.80. The Balaban J connectivity index is 2.03. The topological polar surface area (TPSA) is 61.4 Å². The third kappa shape index (κ3) is 2.59. The summed E-state index contributed by atoms with van der Waals surface area (Å²) < 4.78 is 3.86. The van der Waals surface area contributed by atoms with Gasteiger partial charge in [0.2, 0.25) is 0 Å². The summed E-state index contributed by atoms with van der Waals surface area (Å²) in [4.78, 5) is 9.36. The van der Waals surface area contributed by atoms with E-state index in [1.165, 1.54) is 0 Å². The van der Waals surface area contributed by atoms with Gasteiger partial charge in [-0.2, -0.15) is 10.2 Å². The molecule has 0 atom stereocenters. The molecule has 4 aromatic rings. The van der Waals surface area contributed by atoms with E-state index in [9.17, 15) is 0 Å². The second-order valence-electron chi connectivity index (χ2n) is 6.12. The maximum Gasteiger partial charge on any atom is 0.182 e. The van der Waals surface area contributed by atoms with Crippen molar-refractivity contribution in [1.29, 1.82) is 0 Å². The summed E-state index contributed by atoms with van der Waals surface area (Å²) in [5.74, 6) is 0. The van der Waals surface area contributed by atoms with Crippen LogP contribution in [0.15, 0.2) is 42.7 Å². The van der Waals surface area contributed by atoms with Gasteiger partial charge in [-0.05, 0) is 37.6 Å². The second kappa shape index (κ2) is 6.12. The van der Waals surface area contributed by atoms with Gasteiger partial charge in [0, 0.05) is 37.2 Å². The van der Waals surface area contributed by atoms with Gasteiger partial charge < -0.3 is 0 Å². The zero-order valence-electron chi connectivity index (χ0n) is 14.6. The van der Waals surface area contributed by atoms with Crippen LogP contribution in [0.2, 0.25) is 0 Å². The van der Waals surface area contributed by atoms with E-state index in [4.69, 9.17) is 10.1 Å². The first-order valence-electron chi connectivity index (χ1n) is 8.47. The molecule has 0 aliphatic heterocycles. The molecule has 0 saturated heterocycles. The molecule has 0 aromatic carbocycles. The normalized spacial score (nSPS) is 11.3. The molecule has 25 heavy (non-hydrogen) atoms. The fourth-order valence-electron chi connectivity index (χ4n) is 3.19. The van der Waals surface area contributed by atoms with E-state index >= 15 is 0 Å². The zero-order valence-corrected chi connectivity index (χ0v) is 14.6. The Morgan fingerprint density at radius 1 is 1.08 bits per heavy atom. The lowest BCUT2D eigenvalue weighted by Gasteiger charge is -2.07. The molecule has 4 aromatic heterocycles. The number of rotatable bonds is 4. The SMILES string of the molecule is CCCn1nc2nc(-c3ccnn3C)cc(-c3ccccn3)c2c1C. The highest BCUT2D eigenvalue weighted by Gasteiger charge is 2.18. The molecule has 0 aliphatic carbocycles. The summed E-state index contributed by atoms with van der Waals surface area (Å²) in [7, 11) is 1.92. The molecule has 4 rings (SSSR count). The van der Waals surface area contributed by atoms with Crippen molar-refractivity contribution in [2.45, 2.75) is 26.8 Å². The minimum Gasteiger partial charge on any atom is -0.267 e. The van der Waals surface area contributed by atoms with E-state index in [1.807, 2.05) is 46.9 Å². The summed E-state index contributed by atoms with van der Waals surface area (Å²) in [6, 6.07) is 10.0. The Labute approximate surface area is 146 Å². The molecule has 0 N–H and O–H groups in total. The number of nitrogens with zero attached hydrogens (tertiary/aromatic N) is 6. The molecule has 0 bridgehead atoms. The molecule has 0 saturated carbocycles. The maximum absolute atomic E-state index is 4.81. The largest absolute Gasteiger partial charge is 0.267 e. The van der Waals surface area contributed by atoms with Crippen LogP contribution in [0.3, 0.4) is 0 Å². The standard InChI is InChI=1S/C19H20N6/c1-4-11-25-13(2)18-14(15-7-5-6-9-20-15)12-16(22-19(18)23-25)17-8-10-21-24(17)3/h5-10,12H,4,11H2,1-3H3. The van der Waals surface area contributed by atoms with Crippen molar-refractivity contribution in [3.05, 3.63) is 48.4 Å². The quantitative estimate of drug-likeness (QED) is 0.573. The highest BCUT2D eigenvalue weighted by Crippen LogP contribution is 2.32. The van der Waals surface area contributed by atoms with Gasteiger partial charge in [0.05, 0.1) is 22.5 Å². The lowest BCUT2D eigenvalue weighted by Crippen LogP contribution is -2.00. The van der Waals surface area contributed by atoms with Crippen molar-refractivity contribution in [2.75, 3.05) is 0 Å². The molecule has 0 unspecified atom stereocenters. The van der Waals surface area contributed by atoms with Crippen LogP contribution in [0.25, 0.3) is 33.7 Å². The van der Waals surface area contributed by atoms with Crippen LogP contribution in [-0.4, -0.2) is 29.5 Å². The molecule has 126 valence electrons. The van der Waals surface area contributed by atoms with Crippen LogP contribution < -0.4 is 0 Å². The van der Waals surface area contributed by atoms with Gasteiger partial charge in [0.15, 0.2) is 5.65 Å². The molecule has 0 fully saturated rings. The third-order valence-electron chi connectivity index (χ3n) is 4.42. The fraction of sp³-hybridized carbons (Fsp3) is 0.263. The summed E-state index contributed by atoms with van der Waals surface area (Å²) in [6.45, 7) is 5.13. The average molecular weight is 332 g/mol. The van der Waals surface area contributed by atoms with Crippen LogP contribution in [0, 0.1) is 6.92 Å². The number of aromatic nitrogens is 6. The third-order valence-corrected chi connectivity index (χ3v) is 4.42. The van der Waals surface area contributed by atoms with Crippen LogP contribution >= 0.6 is 0 Å². The van der Waals surface area contributed by atoms with Crippen molar-refractivity contribution >= 4 is 11.0 Å². The van der Waals surface area contributed by atoms with E-state index < -0.39 is 0 Å². The molecule has 6 nitrogen and oxygen atoms in total. The number of pyridine rings is 2. The van der Waals surface area contributed by atoms with Crippen molar-refractivity contribution in [3.63, 3.8) is 0 Å². The number of aryl methyl sites for hydroxylation is 3. The van der Waals surface area contributed by atoms with E-state index in [-0.39, 0.29) is 0 Å². The Morgan fingerprint density at radius 2 is 1.96 bits per heavy atom.